The van der Waals surface area contributed by atoms with E-state index in [1.165, 1.54) is 16.3 Å². The average molecular weight is 323 g/mol. The molecule has 2 nitrogen and oxygen atoms in total. The SMILES string of the molecule is O=C(Nc1ccc(-c2cccc3ccccc23)cc1)c1ccccc1. The van der Waals surface area contributed by atoms with Gasteiger partial charge in [-0.15, -0.1) is 0 Å². The number of anilines is 1. The molecule has 0 unspecified atom stereocenters. The molecule has 0 aliphatic carbocycles. The maximum Gasteiger partial charge on any atom is 0.255 e. The van der Waals surface area contributed by atoms with Crippen molar-refractivity contribution in [3.05, 3.63) is 103 Å². The number of hydrogen-bond acceptors (Lipinski definition) is 1. The number of nitrogens with one attached hydrogen (secondary N) is 1. The van der Waals surface area contributed by atoms with E-state index in [0.29, 0.717) is 5.56 Å². The Labute approximate surface area is 146 Å². The van der Waals surface area contributed by atoms with Crippen LogP contribution in [0.15, 0.2) is 97.1 Å². The van der Waals surface area contributed by atoms with E-state index in [9.17, 15) is 4.79 Å². The second kappa shape index (κ2) is 6.62. The molecular weight excluding hydrogens is 306 g/mol. The first-order chi connectivity index (χ1) is 12.3. The maximum atomic E-state index is 12.2. The molecular formula is C23H17NO. The molecule has 0 aromatic heterocycles. The molecule has 4 rings (SSSR count). The van der Waals surface area contributed by atoms with E-state index < -0.39 is 0 Å². The van der Waals surface area contributed by atoms with Gasteiger partial charge in [-0.25, -0.2) is 0 Å². The van der Waals surface area contributed by atoms with Gasteiger partial charge in [-0.3, -0.25) is 4.79 Å². The monoisotopic (exact) mass is 323 g/mol. The quantitative estimate of drug-likeness (QED) is 0.510. The molecule has 120 valence electrons. The highest BCUT2D eigenvalue weighted by Gasteiger charge is 2.06. The van der Waals surface area contributed by atoms with Crippen LogP contribution in [0.25, 0.3) is 21.9 Å². The first kappa shape index (κ1) is 15.2. The third kappa shape index (κ3) is 3.15. The Hall–Kier alpha value is -3.39. The van der Waals surface area contributed by atoms with Crippen molar-refractivity contribution in [1.29, 1.82) is 0 Å². The summed E-state index contributed by atoms with van der Waals surface area (Å²) < 4.78 is 0. The fourth-order valence-electron chi connectivity index (χ4n) is 3.00. The summed E-state index contributed by atoms with van der Waals surface area (Å²) in [6, 6.07) is 31.9. The largest absolute Gasteiger partial charge is 0.322 e. The van der Waals surface area contributed by atoms with Crippen molar-refractivity contribution in [2.45, 2.75) is 0 Å². The van der Waals surface area contributed by atoms with Crippen molar-refractivity contribution < 1.29 is 4.79 Å². The smallest absolute Gasteiger partial charge is 0.255 e. The predicted molar refractivity (Wildman–Crippen MR) is 104 cm³/mol. The van der Waals surface area contributed by atoms with E-state index in [2.05, 4.69) is 41.7 Å². The summed E-state index contributed by atoms with van der Waals surface area (Å²) in [6.45, 7) is 0. The van der Waals surface area contributed by atoms with Crippen LogP contribution >= 0.6 is 0 Å². The van der Waals surface area contributed by atoms with Crippen molar-refractivity contribution in [1.82, 2.24) is 0 Å². The molecule has 2 heteroatoms. The van der Waals surface area contributed by atoms with Crippen LogP contribution in [0.1, 0.15) is 10.4 Å². The van der Waals surface area contributed by atoms with E-state index in [-0.39, 0.29) is 5.91 Å². The number of hydrogen-bond donors (Lipinski definition) is 1. The Kier molecular flexibility index (Phi) is 4.01. The van der Waals surface area contributed by atoms with E-state index in [0.717, 1.165) is 11.3 Å². The van der Waals surface area contributed by atoms with Crippen molar-refractivity contribution >= 4 is 22.4 Å². The van der Waals surface area contributed by atoms with Crippen molar-refractivity contribution in [3.8, 4) is 11.1 Å². The Morgan fingerprint density at radius 2 is 1.32 bits per heavy atom. The molecule has 1 amide bonds. The molecule has 0 fully saturated rings. The number of benzene rings is 4. The zero-order valence-corrected chi connectivity index (χ0v) is 13.6. The molecule has 25 heavy (non-hydrogen) atoms. The fourth-order valence-corrected chi connectivity index (χ4v) is 3.00. The maximum absolute atomic E-state index is 12.2. The third-order valence-corrected chi connectivity index (χ3v) is 4.28. The molecule has 4 aromatic rings. The Balaban J connectivity index is 1.61. The summed E-state index contributed by atoms with van der Waals surface area (Å²) in [5.74, 6) is -0.0986. The predicted octanol–water partition coefficient (Wildman–Crippen LogP) is 5.76. The van der Waals surface area contributed by atoms with Gasteiger partial charge in [0.25, 0.3) is 5.91 Å². The van der Waals surface area contributed by atoms with Crippen LogP contribution in [0.2, 0.25) is 0 Å². The lowest BCUT2D eigenvalue weighted by molar-refractivity contribution is 0.102. The van der Waals surface area contributed by atoms with Gasteiger partial charge >= 0.3 is 0 Å². The van der Waals surface area contributed by atoms with Crippen molar-refractivity contribution in [2.24, 2.45) is 0 Å². The minimum atomic E-state index is -0.0986. The average Bonchev–Trinajstić information content (AvgIpc) is 2.69. The summed E-state index contributed by atoms with van der Waals surface area (Å²) >= 11 is 0. The molecule has 0 spiro atoms. The van der Waals surface area contributed by atoms with E-state index >= 15 is 0 Å². The number of carbonyl (C=O) groups is 1. The molecule has 0 aliphatic heterocycles. The van der Waals surface area contributed by atoms with Gasteiger partial charge in [0, 0.05) is 11.3 Å². The normalized spacial score (nSPS) is 10.6. The molecule has 0 saturated carbocycles. The first-order valence-corrected chi connectivity index (χ1v) is 8.26. The number of fused-ring (bicyclic) bond motifs is 1. The van der Waals surface area contributed by atoms with Gasteiger partial charge in [-0.05, 0) is 46.2 Å². The highest BCUT2D eigenvalue weighted by Crippen LogP contribution is 2.29. The Morgan fingerprint density at radius 1 is 0.640 bits per heavy atom. The Morgan fingerprint density at radius 3 is 2.12 bits per heavy atom. The lowest BCUT2D eigenvalue weighted by atomic mass is 9.98. The molecule has 0 aliphatic rings. The van der Waals surface area contributed by atoms with Crippen LogP contribution in [0.3, 0.4) is 0 Å². The molecule has 1 N–H and O–H groups in total. The van der Waals surface area contributed by atoms with E-state index in [1.54, 1.807) is 12.1 Å². The van der Waals surface area contributed by atoms with Gasteiger partial charge < -0.3 is 5.32 Å². The highest BCUT2D eigenvalue weighted by molar-refractivity contribution is 6.04. The summed E-state index contributed by atoms with van der Waals surface area (Å²) in [7, 11) is 0. The van der Waals surface area contributed by atoms with Crippen LogP contribution < -0.4 is 5.32 Å². The summed E-state index contributed by atoms with van der Waals surface area (Å²) in [5.41, 5.74) is 3.77. The molecule has 4 aromatic carbocycles. The summed E-state index contributed by atoms with van der Waals surface area (Å²) in [5, 5.41) is 5.39. The topological polar surface area (TPSA) is 29.1 Å². The fraction of sp³-hybridized carbons (Fsp3) is 0. The van der Waals surface area contributed by atoms with Gasteiger partial charge in [0.2, 0.25) is 0 Å². The zero-order valence-electron chi connectivity index (χ0n) is 13.6. The van der Waals surface area contributed by atoms with Crippen LogP contribution in [0.5, 0.6) is 0 Å². The lowest BCUT2D eigenvalue weighted by Crippen LogP contribution is -2.11. The zero-order chi connectivity index (χ0) is 17.1. The molecule has 0 atom stereocenters. The molecule has 0 heterocycles. The van der Waals surface area contributed by atoms with Crippen molar-refractivity contribution in [3.63, 3.8) is 0 Å². The van der Waals surface area contributed by atoms with Gasteiger partial charge in [0.1, 0.15) is 0 Å². The second-order valence-electron chi connectivity index (χ2n) is 5.92. The number of rotatable bonds is 3. The minimum Gasteiger partial charge on any atom is -0.322 e. The first-order valence-electron chi connectivity index (χ1n) is 8.26. The molecule has 0 saturated heterocycles. The Bertz CT molecular complexity index is 1020. The van der Waals surface area contributed by atoms with E-state index in [1.807, 2.05) is 48.5 Å². The second-order valence-corrected chi connectivity index (χ2v) is 5.92. The van der Waals surface area contributed by atoms with Crippen molar-refractivity contribution in [2.75, 3.05) is 5.32 Å². The lowest BCUT2D eigenvalue weighted by Gasteiger charge is -2.09. The molecule has 0 bridgehead atoms. The van der Waals surface area contributed by atoms with Gasteiger partial charge in [-0.2, -0.15) is 0 Å². The van der Waals surface area contributed by atoms with Gasteiger partial charge in [0.05, 0.1) is 0 Å². The number of carbonyl (C=O) groups excluding carboxylic acids is 1. The van der Waals surface area contributed by atoms with Gasteiger partial charge in [-0.1, -0.05) is 72.8 Å². The minimum absolute atomic E-state index is 0.0986. The van der Waals surface area contributed by atoms with Crippen LogP contribution in [-0.4, -0.2) is 5.91 Å². The van der Waals surface area contributed by atoms with Gasteiger partial charge in [0.15, 0.2) is 0 Å². The third-order valence-electron chi connectivity index (χ3n) is 4.28. The van der Waals surface area contributed by atoms with E-state index in [4.69, 9.17) is 0 Å². The summed E-state index contributed by atoms with van der Waals surface area (Å²) in [6.07, 6.45) is 0. The van der Waals surface area contributed by atoms with Crippen LogP contribution in [0.4, 0.5) is 5.69 Å². The number of amides is 1. The van der Waals surface area contributed by atoms with Crippen LogP contribution in [0, 0.1) is 0 Å². The standard InChI is InChI=1S/C23H17NO/c25-23(19-8-2-1-3-9-19)24-20-15-13-18(14-16-20)22-12-6-10-17-7-4-5-11-21(17)22/h1-16H,(H,24,25). The summed E-state index contributed by atoms with van der Waals surface area (Å²) in [4.78, 5) is 12.2. The molecule has 0 radical (unpaired) electrons. The highest BCUT2D eigenvalue weighted by atomic mass is 16.1. The van der Waals surface area contributed by atoms with Crippen LogP contribution in [-0.2, 0) is 0 Å².